The number of aromatic nitrogens is 2. The summed E-state index contributed by atoms with van der Waals surface area (Å²) < 4.78 is 19.1. The summed E-state index contributed by atoms with van der Waals surface area (Å²) in [5, 5.41) is 4.96. The maximum atomic E-state index is 12.9. The van der Waals surface area contributed by atoms with Gasteiger partial charge in [0.15, 0.2) is 4.96 Å². The highest BCUT2D eigenvalue weighted by Crippen LogP contribution is 2.39. The van der Waals surface area contributed by atoms with Gasteiger partial charge in [0.05, 0.1) is 37.8 Å². The molecule has 0 saturated carbocycles. The Balaban J connectivity index is 1.66. The largest absolute Gasteiger partial charge is 0.492 e. The second-order valence-electron chi connectivity index (χ2n) is 6.89. The highest BCUT2D eigenvalue weighted by Gasteiger charge is 2.21. The second-order valence-corrected chi connectivity index (χ2v) is 7.73. The first-order chi connectivity index (χ1) is 14.6. The average molecular weight is 431 g/mol. The molecule has 0 radical (unpaired) electrons. The number of nitrogens with zero attached hydrogens (tertiary/aromatic N) is 3. The number of benzene rings is 1. The molecule has 0 aliphatic carbocycles. The minimum Gasteiger partial charge on any atom is -0.492 e. The summed E-state index contributed by atoms with van der Waals surface area (Å²) in [5.41, 5.74) is 2.92. The molecule has 1 amide bonds. The van der Waals surface area contributed by atoms with E-state index >= 15 is 0 Å². The van der Waals surface area contributed by atoms with Crippen LogP contribution in [-0.2, 0) is 4.74 Å². The molecule has 9 heteroatoms. The molecule has 1 fully saturated rings. The molecule has 3 heterocycles. The van der Waals surface area contributed by atoms with Crippen LogP contribution in [0.25, 0.3) is 4.96 Å². The number of carbonyl (C=O) groups excluding carboxylic acids is 1. The number of carbonyl (C=O) groups is 1. The molecule has 8 nitrogen and oxygen atoms in total. The number of imidazole rings is 1. The molecule has 0 atom stereocenters. The van der Waals surface area contributed by atoms with Gasteiger partial charge < -0.3 is 24.4 Å². The number of anilines is 2. The number of nitrogens with one attached hydrogen (secondary N) is 1. The molecule has 30 heavy (non-hydrogen) atoms. The molecule has 1 N–H and O–H groups in total. The lowest BCUT2D eigenvalue weighted by atomic mass is 10.2. The lowest BCUT2D eigenvalue weighted by molar-refractivity contribution is 0.102. The van der Waals surface area contributed by atoms with E-state index in [1.165, 1.54) is 11.3 Å². The lowest BCUT2D eigenvalue weighted by Gasteiger charge is -2.31. The molecular formula is C21H26N4O4S. The third-order valence-electron chi connectivity index (χ3n) is 4.88. The van der Waals surface area contributed by atoms with E-state index in [4.69, 9.17) is 14.2 Å². The summed E-state index contributed by atoms with van der Waals surface area (Å²) in [6.07, 6.45) is 1.75. The van der Waals surface area contributed by atoms with E-state index in [2.05, 4.69) is 15.2 Å². The van der Waals surface area contributed by atoms with E-state index in [0.717, 1.165) is 29.4 Å². The van der Waals surface area contributed by atoms with Crippen molar-refractivity contribution in [2.24, 2.45) is 0 Å². The van der Waals surface area contributed by atoms with E-state index in [1.807, 2.05) is 42.7 Å². The molecule has 1 aromatic carbocycles. The van der Waals surface area contributed by atoms with Gasteiger partial charge in [0.1, 0.15) is 17.2 Å². The molecule has 160 valence electrons. The predicted octanol–water partition coefficient (Wildman–Crippen LogP) is 3.59. The Hall–Kier alpha value is -2.78. The quantitative estimate of drug-likeness (QED) is 0.617. The average Bonchev–Trinajstić information content (AvgIpc) is 3.33. The molecular weight excluding hydrogens is 404 g/mol. The van der Waals surface area contributed by atoms with E-state index in [1.54, 1.807) is 6.20 Å². The summed E-state index contributed by atoms with van der Waals surface area (Å²) in [5.74, 6) is 1.03. The molecule has 1 aliphatic heterocycles. The lowest BCUT2D eigenvalue weighted by Crippen LogP contribution is -2.36. The summed E-state index contributed by atoms with van der Waals surface area (Å²) in [4.78, 5) is 20.3. The Morgan fingerprint density at radius 3 is 2.63 bits per heavy atom. The smallest absolute Gasteiger partial charge is 0.276 e. The first-order valence-electron chi connectivity index (χ1n) is 10.1. The van der Waals surface area contributed by atoms with Crippen LogP contribution in [0.4, 0.5) is 11.4 Å². The van der Waals surface area contributed by atoms with Gasteiger partial charge in [0, 0.05) is 42.5 Å². The highest BCUT2D eigenvalue weighted by atomic mass is 32.1. The number of ether oxygens (including phenoxy) is 3. The SMILES string of the molecule is CCOc1cc(N2CCOCC2)c(OCC)cc1NC(=O)c1cn2c(C)csc2n1. The molecule has 0 spiro atoms. The van der Waals surface area contributed by atoms with Crippen LogP contribution in [0.3, 0.4) is 0 Å². The van der Waals surface area contributed by atoms with E-state index in [0.29, 0.717) is 49.3 Å². The van der Waals surface area contributed by atoms with Crippen LogP contribution in [0.15, 0.2) is 23.7 Å². The Morgan fingerprint density at radius 1 is 1.20 bits per heavy atom. The van der Waals surface area contributed by atoms with Gasteiger partial charge in [-0.2, -0.15) is 0 Å². The van der Waals surface area contributed by atoms with Gasteiger partial charge in [-0.3, -0.25) is 9.20 Å². The van der Waals surface area contributed by atoms with Crippen molar-refractivity contribution in [1.82, 2.24) is 9.38 Å². The van der Waals surface area contributed by atoms with Gasteiger partial charge in [-0.15, -0.1) is 11.3 Å². The summed E-state index contributed by atoms with van der Waals surface area (Å²) >= 11 is 1.51. The first-order valence-corrected chi connectivity index (χ1v) is 11.0. The number of rotatable bonds is 7. The van der Waals surface area contributed by atoms with Crippen molar-refractivity contribution in [2.45, 2.75) is 20.8 Å². The van der Waals surface area contributed by atoms with Crippen LogP contribution in [0, 0.1) is 6.92 Å². The van der Waals surface area contributed by atoms with Gasteiger partial charge >= 0.3 is 0 Å². The van der Waals surface area contributed by atoms with Crippen molar-refractivity contribution in [3.05, 3.63) is 35.1 Å². The van der Waals surface area contributed by atoms with Crippen molar-refractivity contribution in [1.29, 1.82) is 0 Å². The van der Waals surface area contributed by atoms with Crippen LogP contribution < -0.4 is 19.7 Å². The van der Waals surface area contributed by atoms with Gasteiger partial charge in [0.25, 0.3) is 5.91 Å². The topological polar surface area (TPSA) is 77.3 Å². The van der Waals surface area contributed by atoms with Gasteiger partial charge in [-0.1, -0.05) is 0 Å². The second kappa shape index (κ2) is 8.93. The maximum Gasteiger partial charge on any atom is 0.276 e. The fourth-order valence-electron chi connectivity index (χ4n) is 3.43. The third-order valence-corrected chi connectivity index (χ3v) is 5.84. The zero-order valence-electron chi connectivity index (χ0n) is 17.4. The fourth-order valence-corrected chi connectivity index (χ4v) is 4.28. The molecule has 0 bridgehead atoms. The van der Waals surface area contributed by atoms with Crippen LogP contribution >= 0.6 is 11.3 Å². The number of thiazole rings is 1. The van der Waals surface area contributed by atoms with Crippen molar-refractivity contribution in [3.8, 4) is 11.5 Å². The number of morpholine rings is 1. The Bertz CT molecular complexity index is 1040. The standard InChI is InChI=1S/C21H26N4O4S/c1-4-28-18-11-17(24-6-8-27-9-7-24)19(29-5-2)10-15(18)22-20(26)16-12-25-14(3)13-30-21(25)23-16/h10-13H,4-9H2,1-3H3,(H,22,26). The van der Waals surface area contributed by atoms with Crippen LogP contribution in [-0.4, -0.2) is 54.8 Å². The zero-order chi connectivity index (χ0) is 21.1. The third kappa shape index (κ3) is 4.08. The monoisotopic (exact) mass is 430 g/mol. The van der Waals surface area contributed by atoms with Crippen molar-refractivity contribution in [2.75, 3.05) is 49.7 Å². The number of aryl methyl sites for hydroxylation is 1. The van der Waals surface area contributed by atoms with Crippen molar-refractivity contribution >= 4 is 33.6 Å². The summed E-state index contributed by atoms with van der Waals surface area (Å²) in [6.45, 7) is 9.76. The predicted molar refractivity (Wildman–Crippen MR) is 118 cm³/mol. The highest BCUT2D eigenvalue weighted by molar-refractivity contribution is 7.15. The molecule has 2 aromatic heterocycles. The molecule has 0 unspecified atom stereocenters. The molecule has 1 saturated heterocycles. The molecule has 3 aromatic rings. The minimum atomic E-state index is -0.284. The normalized spacial score (nSPS) is 14.2. The van der Waals surface area contributed by atoms with Gasteiger partial charge in [0.2, 0.25) is 0 Å². The van der Waals surface area contributed by atoms with Gasteiger partial charge in [-0.25, -0.2) is 4.98 Å². The fraction of sp³-hybridized carbons (Fsp3) is 0.429. The summed E-state index contributed by atoms with van der Waals surface area (Å²) in [7, 11) is 0. The molecule has 1 aliphatic rings. The number of fused-ring (bicyclic) bond motifs is 1. The van der Waals surface area contributed by atoms with Gasteiger partial charge in [-0.05, 0) is 20.8 Å². The summed E-state index contributed by atoms with van der Waals surface area (Å²) in [6, 6.07) is 3.77. The van der Waals surface area contributed by atoms with Crippen molar-refractivity contribution in [3.63, 3.8) is 0 Å². The van der Waals surface area contributed by atoms with Crippen LogP contribution in [0.1, 0.15) is 30.0 Å². The van der Waals surface area contributed by atoms with Crippen LogP contribution in [0.5, 0.6) is 11.5 Å². The first kappa shape index (κ1) is 20.5. The molecule has 4 rings (SSSR count). The van der Waals surface area contributed by atoms with Crippen LogP contribution in [0.2, 0.25) is 0 Å². The van der Waals surface area contributed by atoms with E-state index < -0.39 is 0 Å². The maximum absolute atomic E-state index is 12.9. The van der Waals surface area contributed by atoms with E-state index in [-0.39, 0.29) is 5.91 Å². The van der Waals surface area contributed by atoms with Crippen molar-refractivity contribution < 1.29 is 19.0 Å². The minimum absolute atomic E-state index is 0.284. The zero-order valence-corrected chi connectivity index (χ0v) is 18.3. The Labute approximate surface area is 179 Å². The van der Waals surface area contributed by atoms with E-state index in [9.17, 15) is 4.79 Å². The Kier molecular flexibility index (Phi) is 6.10. The number of amides is 1. The number of hydrogen-bond donors (Lipinski definition) is 1. The number of hydrogen-bond acceptors (Lipinski definition) is 7. The Morgan fingerprint density at radius 2 is 1.93 bits per heavy atom.